The molecule has 0 heterocycles. The van der Waals surface area contributed by atoms with Crippen molar-refractivity contribution in [2.45, 2.75) is 58.8 Å². The molecular formula is C13H27N. The smallest absolute Gasteiger partial charge is 0.00205 e. The van der Waals surface area contributed by atoms with Gasteiger partial charge in [0, 0.05) is 0 Å². The van der Waals surface area contributed by atoms with Crippen LogP contribution in [0.2, 0.25) is 0 Å². The number of hydrogen-bond donors (Lipinski definition) is 1. The topological polar surface area (TPSA) is 12.0 Å². The van der Waals surface area contributed by atoms with Gasteiger partial charge >= 0.3 is 0 Å². The Morgan fingerprint density at radius 1 is 1.21 bits per heavy atom. The quantitative estimate of drug-likeness (QED) is 0.642. The van der Waals surface area contributed by atoms with Crippen LogP contribution in [0.1, 0.15) is 58.8 Å². The molecule has 1 saturated carbocycles. The number of rotatable bonds is 6. The standard InChI is InChI=1S/C13H27N/c1-3-12(2)9-10-14-11-13-7-5-4-6-8-13/h12-14H,3-11H2,1-2H3. The second kappa shape index (κ2) is 7.28. The minimum atomic E-state index is 0.897. The third-order valence-electron chi connectivity index (χ3n) is 3.67. The second-order valence-electron chi connectivity index (χ2n) is 5.01. The number of nitrogens with one attached hydrogen (secondary N) is 1. The first-order valence-electron chi connectivity index (χ1n) is 6.53. The summed E-state index contributed by atoms with van der Waals surface area (Å²) in [5.41, 5.74) is 0. The van der Waals surface area contributed by atoms with Gasteiger partial charge in [0.1, 0.15) is 0 Å². The molecule has 1 atom stereocenters. The Bertz CT molecular complexity index is 127. The Balaban J connectivity index is 1.92. The highest BCUT2D eigenvalue weighted by molar-refractivity contribution is 4.68. The van der Waals surface area contributed by atoms with Crippen molar-refractivity contribution < 1.29 is 0 Å². The van der Waals surface area contributed by atoms with E-state index in [4.69, 9.17) is 0 Å². The Hall–Kier alpha value is -0.0400. The first kappa shape index (κ1) is 12.0. The van der Waals surface area contributed by atoms with E-state index in [-0.39, 0.29) is 0 Å². The fourth-order valence-electron chi connectivity index (χ4n) is 2.25. The van der Waals surface area contributed by atoms with Crippen molar-refractivity contribution >= 4 is 0 Å². The van der Waals surface area contributed by atoms with E-state index < -0.39 is 0 Å². The molecule has 0 bridgehead atoms. The van der Waals surface area contributed by atoms with Crippen molar-refractivity contribution in [3.8, 4) is 0 Å². The van der Waals surface area contributed by atoms with Crippen LogP contribution in [-0.2, 0) is 0 Å². The van der Waals surface area contributed by atoms with Crippen LogP contribution in [0.3, 0.4) is 0 Å². The fraction of sp³-hybridized carbons (Fsp3) is 1.00. The summed E-state index contributed by atoms with van der Waals surface area (Å²) in [4.78, 5) is 0. The molecule has 1 aliphatic carbocycles. The summed E-state index contributed by atoms with van der Waals surface area (Å²) in [7, 11) is 0. The molecule has 0 aliphatic heterocycles. The minimum Gasteiger partial charge on any atom is -0.316 e. The summed E-state index contributed by atoms with van der Waals surface area (Å²) in [6.07, 6.45) is 10.0. The summed E-state index contributed by atoms with van der Waals surface area (Å²) >= 11 is 0. The molecule has 1 N–H and O–H groups in total. The van der Waals surface area contributed by atoms with Gasteiger partial charge in [-0.15, -0.1) is 0 Å². The molecule has 0 spiro atoms. The lowest BCUT2D eigenvalue weighted by atomic mass is 9.89. The van der Waals surface area contributed by atoms with Crippen LogP contribution in [0.25, 0.3) is 0 Å². The van der Waals surface area contributed by atoms with Crippen molar-refractivity contribution in [2.75, 3.05) is 13.1 Å². The molecule has 84 valence electrons. The third-order valence-corrected chi connectivity index (χ3v) is 3.67. The maximum atomic E-state index is 3.62. The lowest BCUT2D eigenvalue weighted by Crippen LogP contribution is -2.26. The van der Waals surface area contributed by atoms with Crippen LogP contribution in [0.5, 0.6) is 0 Å². The largest absolute Gasteiger partial charge is 0.316 e. The molecule has 0 aromatic heterocycles. The van der Waals surface area contributed by atoms with Crippen molar-refractivity contribution in [1.29, 1.82) is 0 Å². The maximum absolute atomic E-state index is 3.62. The highest BCUT2D eigenvalue weighted by Crippen LogP contribution is 2.22. The molecule has 0 amide bonds. The van der Waals surface area contributed by atoms with Crippen LogP contribution >= 0.6 is 0 Å². The highest BCUT2D eigenvalue weighted by Gasteiger charge is 2.12. The molecule has 1 rings (SSSR count). The zero-order valence-corrected chi connectivity index (χ0v) is 10.0. The molecule has 1 fully saturated rings. The summed E-state index contributed by atoms with van der Waals surface area (Å²) in [5, 5.41) is 3.62. The van der Waals surface area contributed by atoms with Crippen LogP contribution in [0.15, 0.2) is 0 Å². The molecule has 0 saturated heterocycles. The van der Waals surface area contributed by atoms with Crippen molar-refractivity contribution in [1.82, 2.24) is 5.32 Å². The minimum absolute atomic E-state index is 0.897. The highest BCUT2D eigenvalue weighted by atomic mass is 14.9. The van der Waals surface area contributed by atoms with Crippen LogP contribution in [0.4, 0.5) is 0 Å². The van der Waals surface area contributed by atoms with E-state index in [1.54, 1.807) is 0 Å². The van der Waals surface area contributed by atoms with Gasteiger partial charge in [-0.3, -0.25) is 0 Å². The van der Waals surface area contributed by atoms with Gasteiger partial charge in [-0.05, 0) is 44.2 Å². The summed E-state index contributed by atoms with van der Waals surface area (Å²) in [6.45, 7) is 7.13. The van der Waals surface area contributed by atoms with E-state index in [0.717, 1.165) is 11.8 Å². The summed E-state index contributed by atoms with van der Waals surface area (Å²) < 4.78 is 0. The first-order chi connectivity index (χ1) is 6.83. The van der Waals surface area contributed by atoms with Crippen LogP contribution in [0, 0.1) is 11.8 Å². The lowest BCUT2D eigenvalue weighted by molar-refractivity contribution is 0.337. The van der Waals surface area contributed by atoms with Crippen molar-refractivity contribution in [3.63, 3.8) is 0 Å². The molecule has 0 aromatic rings. The van der Waals surface area contributed by atoms with E-state index in [2.05, 4.69) is 19.2 Å². The van der Waals surface area contributed by atoms with Crippen molar-refractivity contribution in [3.05, 3.63) is 0 Å². The van der Waals surface area contributed by atoms with E-state index >= 15 is 0 Å². The van der Waals surface area contributed by atoms with Gasteiger partial charge in [-0.2, -0.15) is 0 Å². The zero-order valence-electron chi connectivity index (χ0n) is 10.0. The SMILES string of the molecule is CCC(C)CCNCC1CCCCC1. The lowest BCUT2D eigenvalue weighted by Gasteiger charge is -2.22. The second-order valence-corrected chi connectivity index (χ2v) is 5.01. The van der Waals surface area contributed by atoms with Gasteiger partial charge < -0.3 is 5.32 Å². The van der Waals surface area contributed by atoms with E-state index in [1.165, 1.54) is 58.0 Å². The van der Waals surface area contributed by atoms with Crippen LogP contribution in [-0.4, -0.2) is 13.1 Å². The van der Waals surface area contributed by atoms with Crippen LogP contribution < -0.4 is 5.32 Å². The summed E-state index contributed by atoms with van der Waals surface area (Å²) in [5.74, 6) is 1.88. The Kier molecular flexibility index (Phi) is 6.25. The van der Waals surface area contributed by atoms with Gasteiger partial charge in [0.15, 0.2) is 0 Å². The molecule has 1 unspecified atom stereocenters. The Labute approximate surface area is 89.7 Å². The van der Waals surface area contributed by atoms with Gasteiger partial charge in [-0.25, -0.2) is 0 Å². The first-order valence-corrected chi connectivity index (χ1v) is 6.53. The van der Waals surface area contributed by atoms with Gasteiger partial charge in [0.05, 0.1) is 0 Å². The predicted molar refractivity (Wildman–Crippen MR) is 63.5 cm³/mol. The average Bonchev–Trinajstić information content (AvgIpc) is 2.25. The molecule has 1 nitrogen and oxygen atoms in total. The molecule has 14 heavy (non-hydrogen) atoms. The molecule has 1 aliphatic rings. The zero-order chi connectivity index (χ0) is 10.2. The predicted octanol–water partition coefficient (Wildman–Crippen LogP) is 3.59. The fourth-order valence-corrected chi connectivity index (χ4v) is 2.25. The molecule has 0 aromatic carbocycles. The van der Waals surface area contributed by atoms with E-state index in [9.17, 15) is 0 Å². The average molecular weight is 197 g/mol. The van der Waals surface area contributed by atoms with Gasteiger partial charge in [0.2, 0.25) is 0 Å². The monoisotopic (exact) mass is 197 g/mol. The summed E-state index contributed by atoms with van der Waals surface area (Å²) in [6, 6.07) is 0. The van der Waals surface area contributed by atoms with Crippen molar-refractivity contribution in [2.24, 2.45) is 11.8 Å². The number of hydrogen-bond acceptors (Lipinski definition) is 1. The Morgan fingerprint density at radius 2 is 1.93 bits per heavy atom. The van der Waals surface area contributed by atoms with Gasteiger partial charge in [-0.1, -0.05) is 39.5 Å². The van der Waals surface area contributed by atoms with E-state index in [1.807, 2.05) is 0 Å². The molecule has 1 heteroatoms. The van der Waals surface area contributed by atoms with Gasteiger partial charge in [0.25, 0.3) is 0 Å². The van der Waals surface area contributed by atoms with E-state index in [0.29, 0.717) is 0 Å². The maximum Gasteiger partial charge on any atom is -0.00205 e. The third kappa shape index (κ3) is 4.99. The molecular weight excluding hydrogens is 170 g/mol. The normalized spacial score (nSPS) is 21.0. The molecule has 0 radical (unpaired) electrons. The Morgan fingerprint density at radius 3 is 2.57 bits per heavy atom.